The summed E-state index contributed by atoms with van der Waals surface area (Å²) in [5.41, 5.74) is 7.90. The van der Waals surface area contributed by atoms with E-state index in [1.54, 1.807) is 0 Å². The summed E-state index contributed by atoms with van der Waals surface area (Å²) in [5, 5.41) is 0. The van der Waals surface area contributed by atoms with Gasteiger partial charge in [0.15, 0.2) is 0 Å². The number of nitrogens with one attached hydrogen (secondary N) is 2. The van der Waals surface area contributed by atoms with Gasteiger partial charge in [-0.1, -0.05) is 18.2 Å². The molecule has 0 amide bonds. The van der Waals surface area contributed by atoms with Gasteiger partial charge in [0.1, 0.15) is 12.4 Å². The molecule has 0 radical (unpaired) electrons. The van der Waals surface area contributed by atoms with Crippen molar-refractivity contribution in [2.45, 2.75) is 31.8 Å². The zero-order chi connectivity index (χ0) is 13.8. The van der Waals surface area contributed by atoms with E-state index in [2.05, 4.69) is 61.9 Å². The van der Waals surface area contributed by atoms with Crippen LogP contribution in [0, 0.1) is 0 Å². The van der Waals surface area contributed by atoms with E-state index < -0.39 is 0 Å². The first-order valence-electron chi connectivity index (χ1n) is 6.97. The molecule has 1 fully saturated rings. The maximum Gasteiger partial charge on any atom is 0.122 e. The van der Waals surface area contributed by atoms with Crippen molar-refractivity contribution in [1.29, 1.82) is 0 Å². The van der Waals surface area contributed by atoms with Gasteiger partial charge < -0.3 is 9.64 Å². The van der Waals surface area contributed by atoms with E-state index in [1.807, 2.05) is 6.07 Å². The van der Waals surface area contributed by atoms with Crippen LogP contribution in [0.2, 0.25) is 0 Å². The lowest BCUT2D eigenvalue weighted by Gasteiger charge is -2.22. The molecule has 1 aliphatic heterocycles. The van der Waals surface area contributed by atoms with Crippen LogP contribution >= 0.6 is 0 Å². The molecule has 4 heteroatoms. The Morgan fingerprint density at radius 1 is 1.11 bits per heavy atom. The second-order valence-corrected chi connectivity index (χ2v) is 5.58. The summed E-state index contributed by atoms with van der Waals surface area (Å²) >= 11 is 0. The summed E-state index contributed by atoms with van der Waals surface area (Å²) in [7, 11) is 4.12. The molecule has 1 aliphatic rings. The molecular formula is C15H25N3O. The molecule has 2 N–H and O–H groups in total. The number of likely N-dealkylation sites (N-methyl/N-ethyl adjacent to an activating group) is 1. The van der Waals surface area contributed by atoms with Crippen molar-refractivity contribution < 1.29 is 4.74 Å². The van der Waals surface area contributed by atoms with E-state index in [0.717, 1.165) is 18.9 Å². The molecule has 2 unspecified atom stereocenters. The van der Waals surface area contributed by atoms with Crippen LogP contribution in [-0.4, -0.2) is 44.2 Å². The zero-order valence-corrected chi connectivity index (χ0v) is 12.3. The maximum absolute atomic E-state index is 5.96. The summed E-state index contributed by atoms with van der Waals surface area (Å²) in [4.78, 5) is 2.13. The molecule has 1 heterocycles. The molecule has 0 saturated carbocycles. The predicted octanol–water partition coefficient (Wildman–Crippen LogP) is 1.60. The van der Waals surface area contributed by atoms with E-state index in [1.165, 1.54) is 5.56 Å². The zero-order valence-electron chi connectivity index (χ0n) is 12.3. The van der Waals surface area contributed by atoms with Crippen molar-refractivity contribution in [3.63, 3.8) is 0 Å². The summed E-state index contributed by atoms with van der Waals surface area (Å²) in [6.07, 6.45) is 0. The molecule has 106 valence electrons. The topological polar surface area (TPSA) is 36.5 Å². The third-order valence-electron chi connectivity index (χ3n) is 3.69. The molecule has 0 bridgehead atoms. The standard InChI is InChI=1S/C15H25N3O/c1-11-15(12(2)17-16-11)13-7-5-6-8-14(13)19-10-9-18(3)4/h5-8,11-12,15-17H,9-10H2,1-4H3. The lowest BCUT2D eigenvalue weighted by Crippen LogP contribution is -2.30. The Morgan fingerprint density at radius 2 is 1.74 bits per heavy atom. The minimum atomic E-state index is 0.411. The second kappa shape index (κ2) is 6.37. The van der Waals surface area contributed by atoms with Gasteiger partial charge in [0.25, 0.3) is 0 Å². The minimum absolute atomic E-state index is 0.411. The third-order valence-corrected chi connectivity index (χ3v) is 3.69. The normalized spacial score (nSPS) is 26.9. The van der Waals surface area contributed by atoms with Crippen molar-refractivity contribution in [1.82, 2.24) is 15.8 Å². The van der Waals surface area contributed by atoms with Crippen LogP contribution in [0.15, 0.2) is 24.3 Å². The van der Waals surface area contributed by atoms with Crippen molar-refractivity contribution in [3.05, 3.63) is 29.8 Å². The van der Waals surface area contributed by atoms with E-state index in [4.69, 9.17) is 4.74 Å². The summed E-state index contributed by atoms with van der Waals surface area (Å²) in [6, 6.07) is 9.20. The predicted molar refractivity (Wildman–Crippen MR) is 78.4 cm³/mol. The Bertz CT molecular complexity index is 398. The number of hydrazine groups is 1. The first kappa shape index (κ1) is 14.3. The highest BCUT2D eigenvalue weighted by molar-refractivity contribution is 5.38. The number of para-hydroxylation sites is 1. The van der Waals surface area contributed by atoms with E-state index >= 15 is 0 Å². The molecule has 2 atom stereocenters. The molecule has 4 nitrogen and oxygen atoms in total. The largest absolute Gasteiger partial charge is 0.492 e. The Morgan fingerprint density at radius 3 is 2.37 bits per heavy atom. The van der Waals surface area contributed by atoms with Crippen molar-refractivity contribution in [2.75, 3.05) is 27.2 Å². The van der Waals surface area contributed by atoms with Crippen LogP contribution in [-0.2, 0) is 0 Å². The van der Waals surface area contributed by atoms with Crippen LogP contribution in [0.25, 0.3) is 0 Å². The number of nitrogens with zero attached hydrogens (tertiary/aromatic N) is 1. The lowest BCUT2D eigenvalue weighted by atomic mass is 9.88. The molecule has 1 aromatic carbocycles. The van der Waals surface area contributed by atoms with Gasteiger partial charge in [-0.15, -0.1) is 0 Å². The van der Waals surface area contributed by atoms with Gasteiger partial charge in [-0.05, 0) is 34.0 Å². The monoisotopic (exact) mass is 263 g/mol. The Hall–Kier alpha value is -1.10. The van der Waals surface area contributed by atoms with Crippen LogP contribution in [0.3, 0.4) is 0 Å². The molecule has 19 heavy (non-hydrogen) atoms. The first-order chi connectivity index (χ1) is 9.09. The minimum Gasteiger partial charge on any atom is -0.492 e. The van der Waals surface area contributed by atoms with Crippen molar-refractivity contribution in [3.8, 4) is 5.75 Å². The highest BCUT2D eigenvalue weighted by atomic mass is 16.5. The quantitative estimate of drug-likeness (QED) is 0.846. The summed E-state index contributed by atoms with van der Waals surface area (Å²) in [6.45, 7) is 6.07. The Kier molecular flexibility index (Phi) is 4.80. The van der Waals surface area contributed by atoms with Crippen LogP contribution < -0.4 is 15.6 Å². The van der Waals surface area contributed by atoms with Gasteiger partial charge >= 0.3 is 0 Å². The van der Waals surface area contributed by atoms with Gasteiger partial charge in [0, 0.05) is 30.1 Å². The molecule has 1 aromatic rings. The van der Waals surface area contributed by atoms with E-state index in [9.17, 15) is 0 Å². The van der Waals surface area contributed by atoms with Gasteiger partial charge in [-0.3, -0.25) is 10.9 Å². The number of rotatable bonds is 5. The lowest BCUT2D eigenvalue weighted by molar-refractivity contribution is 0.257. The number of hydrogen-bond donors (Lipinski definition) is 2. The van der Waals surface area contributed by atoms with Gasteiger partial charge in [0.2, 0.25) is 0 Å². The van der Waals surface area contributed by atoms with Crippen LogP contribution in [0.4, 0.5) is 0 Å². The molecule has 2 rings (SSSR count). The fourth-order valence-electron chi connectivity index (χ4n) is 2.64. The first-order valence-corrected chi connectivity index (χ1v) is 6.97. The fraction of sp³-hybridized carbons (Fsp3) is 0.600. The highest BCUT2D eigenvalue weighted by Gasteiger charge is 2.32. The SMILES string of the molecule is CC1NNC(C)C1c1ccccc1OCCN(C)C. The Balaban J connectivity index is 2.11. The molecule has 1 saturated heterocycles. The van der Waals surface area contributed by atoms with E-state index in [-0.39, 0.29) is 0 Å². The molecule has 0 aliphatic carbocycles. The molecule has 0 aromatic heterocycles. The van der Waals surface area contributed by atoms with Gasteiger partial charge in [0.05, 0.1) is 0 Å². The molecule has 0 spiro atoms. The van der Waals surface area contributed by atoms with Crippen molar-refractivity contribution >= 4 is 0 Å². The van der Waals surface area contributed by atoms with E-state index in [0.29, 0.717) is 18.0 Å². The smallest absolute Gasteiger partial charge is 0.122 e. The second-order valence-electron chi connectivity index (χ2n) is 5.58. The van der Waals surface area contributed by atoms with Gasteiger partial charge in [-0.2, -0.15) is 0 Å². The van der Waals surface area contributed by atoms with Crippen LogP contribution in [0.5, 0.6) is 5.75 Å². The third kappa shape index (κ3) is 3.47. The number of benzene rings is 1. The average Bonchev–Trinajstić information content (AvgIpc) is 2.69. The molecular weight excluding hydrogens is 238 g/mol. The van der Waals surface area contributed by atoms with Gasteiger partial charge in [-0.25, -0.2) is 0 Å². The summed E-state index contributed by atoms with van der Waals surface area (Å²) < 4.78 is 5.96. The number of hydrogen-bond acceptors (Lipinski definition) is 4. The maximum atomic E-state index is 5.96. The highest BCUT2D eigenvalue weighted by Crippen LogP contribution is 2.33. The summed E-state index contributed by atoms with van der Waals surface area (Å²) in [5.74, 6) is 1.45. The fourth-order valence-corrected chi connectivity index (χ4v) is 2.64. The Labute approximate surface area is 116 Å². The number of ether oxygens (including phenoxy) is 1. The van der Waals surface area contributed by atoms with Crippen molar-refractivity contribution in [2.24, 2.45) is 0 Å². The average molecular weight is 263 g/mol. The van der Waals surface area contributed by atoms with Crippen LogP contribution in [0.1, 0.15) is 25.3 Å².